The first kappa shape index (κ1) is 23.6. The van der Waals surface area contributed by atoms with E-state index in [4.69, 9.17) is 13.9 Å². The Hall–Kier alpha value is -3.16. The molecule has 7 nitrogen and oxygen atoms in total. The second-order valence-corrected chi connectivity index (χ2v) is 9.82. The van der Waals surface area contributed by atoms with Crippen molar-refractivity contribution in [3.8, 4) is 5.75 Å². The van der Waals surface area contributed by atoms with Gasteiger partial charge in [0.05, 0.1) is 25.2 Å². The summed E-state index contributed by atoms with van der Waals surface area (Å²) in [5.41, 5.74) is 3.98. The average molecular weight is 477 g/mol. The first-order valence-corrected chi connectivity index (χ1v) is 12.3. The molecule has 0 saturated carbocycles. The molecule has 0 bridgehead atoms. The number of amides is 1. The second kappa shape index (κ2) is 9.84. The Bertz CT molecular complexity index is 1290. The number of aryl methyl sites for hydroxylation is 1. The summed E-state index contributed by atoms with van der Waals surface area (Å²) < 4.78 is 17.2. The molecule has 1 amide bonds. The lowest BCUT2D eigenvalue weighted by Gasteiger charge is -2.35. The summed E-state index contributed by atoms with van der Waals surface area (Å²) in [6.45, 7) is 10.2. The van der Waals surface area contributed by atoms with Gasteiger partial charge in [-0.25, -0.2) is 4.79 Å². The van der Waals surface area contributed by atoms with Crippen molar-refractivity contribution in [3.05, 3.63) is 75.1 Å². The largest absolute Gasteiger partial charge is 0.491 e. The molecule has 3 heterocycles. The highest BCUT2D eigenvalue weighted by Gasteiger charge is 2.24. The van der Waals surface area contributed by atoms with Gasteiger partial charge >= 0.3 is 5.63 Å². The Morgan fingerprint density at radius 1 is 1.06 bits per heavy atom. The molecular formula is C28H32N2O5. The maximum Gasteiger partial charge on any atom is 0.336 e. The SMILES string of the molecule is Cc1ccc2c(CC(=O)N3CCOc4ccc(CN5C[C@@H](C)O[C@@H](C)C5)cc4C3)cc(=O)oc2c1. The van der Waals surface area contributed by atoms with E-state index in [2.05, 4.69) is 30.9 Å². The summed E-state index contributed by atoms with van der Waals surface area (Å²) in [4.78, 5) is 29.7. The van der Waals surface area contributed by atoms with Crippen LogP contribution >= 0.6 is 0 Å². The number of carbonyl (C=O) groups is 1. The molecule has 2 atom stereocenters. The fraction of sp³-hybridized carbons (Fsp3) is 0.429. The van der Waals surface area contributed by atoms with Gasteiger partial charge in [0.15, 0.2) is 0 Å². The molecule has 35 heavy (non-hydrogen) atoms. The number of morpholine rings is 1. The summed E-state index contributed by atoms with van der Waals surface area (Å²) in [5, 5.41) is 0.797. The first-order valence-electron chi connectivity index (χ1n) is 12.3. The third kappa shape index (κ3) is 5.41. The van der Waals surface area contributed by atoms with Crippen LogP contribution < -0.4 is 10.4 Å². The lowest BCUT2D eigenvalue weighted by Crippen LogP contribution is -2.44. The summed E-state index contributed by atoms with van der Waals surface area (Å²) >= 11 is 0. The topological polar surface area (TPSA) is 72.2 Å². The highest BCUT2D eigenvalue weighted by Crippen LogP contribution is 2.27. The molecule has 5 rings (SSSR count). The number of nitrogens with zero attached hydrogens (tertiary/aromatic N) is 2. The number of carbonyl (C=O) groups excluding carboxylic acids is 1. The van der Waals surface area contributed by atoms with E-state index in [1.54, 1.807) is 0 Å². The van der Waals surface area contributed by atoms with Crippen molar-refractivity contribution in [3.63, 3.8) is 0 Å². The lowest BCUT2D eigenvalue weighted by molar-refractivity contribution is -0.131. The van der Waals surface area contributed by atoms with Gasteiger partial charge in [0.25, 0.3) is 0 Å². The Kier molecular flexibility index (Phi) is 6.62. The molecule has 0 spiro atoms. The summed E-state index contributed by atoms with van der Waals surface area (Å²) in [6, 6.07) is 13.4. The molecule has 1 fully saturated rings. The Balaban J connectivity index is 1.33. The number of fused-ring (bicyclic) bond motifs is 2. The van der Waals surface area contributed by atoms with E-state index in [0.717, 1.165) is 41.9 Å². The molecule has 2 aliphatic rings. The van der Waals surface area contributed by atoms with Crippen LogP contribution in [0.1, 0.15) is 36.1 Å². The molecule has 0 radical (unpaired) electrons. The number of benzene rings is 2. The van der Waals surface area contributed by atoms with Crippen LogP contribution in [0.15, 0.2) is 51.7 Å². The zero-order valence-corrected chi connectivity index (χ0v) is 20.6. The lowest BCUT2D eigenvalue weighted by atomic mass is 10.0. The molecule has 2 aromatic carbocycles. The van der Waals surface area contributed by atoms with Crippen molar-refractivity contribution < 1.29 is 18.7 Å². The fourth-order valence-electron chi connectivity index (χ4n) is 5.19. The molecule has 0 aliphatic carbocycles. The van der Waals surface area contributed by atoms with Gasteiger partial charge in [-0.15, -0.1) is 0 Å². The number of ether oxygens (including phenoxy) is 2. The van der Waals surface area contributed by atoms with Crippen LogP contribution in [0.3, 0.4) is 0 Å². The van der Waals surface area contributed by atoms with Crippen molar-refractivity contribution in [2.75, 3.05) is 26.2 Å². The van der Waals surface area contributed by atoms with E-state index < -0.39 is 5.63 Å². The Labute approximate surface area is 205 Å². The van der Waals surface area contributed by atoms with Crippen molar-refractivity contribution in [1.29, 1.82) is 0 Å². The molecule has 0 N–H and O–H groups in total. The molecule has 2 aliphatic heterocycles. The number of hydrogen-bond donors (Lipinski definition) is 0. The van der Waals surface area contributed by atoms with Crippen LogP contribution in [0.4, 0.5) is 0 Å². The number of rotatable bonds is 4. The highest BCUT2D eigenvalue weighted by atomic mass is 16.5. The molecule has 3 aromatic rings. The van der Waals surface area contributed by atoms with Gasteiger partial charge in [-0.05, 0) is 55.7 Å². The summed E-state index contributed by atoms with van der Waals surface area (Å²) in [5.74, 6) is 0.796. The Morgan fingerprint density at radius 2 is 1.86 bits per heavy atom. The van der Waals surface area contributed by atoms with Gasteiger partial charge < -0.3 is 18.8 Å². The normalized spacial score (nSPS) is 20.8. The van der Waals surface area contributed by atoms with E-state index >= 15 is 0 Å². The van der Waals surface area contributed by atoms with Gasteiger partial charge in [-0.1, -0.05) is 18.2 Å². The zero-order chi connectivity index (χ0) is 24.5. The van der Waals surface area contributed by atoms with Crippen LogP contribution in [0.5, 0.6) is 5.75 Å². The van der Waals surface area contributed by atoms with E-state index in [1.165, 1.54) is 11.6 Å². The van der Waals surface area contributed by atoms with Crippen molar-refractivity contribution in [2.24, 2.45) is 0 Å². The minimum Gasteiger partial charge on any atom is -0.491 e. The smallest absolute Gasteiger partial charge is 0.336 e. The average Bonchev–Trinajstić information content (AvgIpc) is 3.00. The molecule has 1 aromatic heterocycles. The van der Waals surface area contributed by atoms with Crippen LogP contribution in [0, 0.1) is 6.92 Å². The van der Waals surface area contributed by atoms with E-state index in [0.29, 0.717) is 30.8 Å². The predicted octanol–water partition coefficient (Wildman–Crippen LogP) is 3.67. The van der Waals surface area contributed by atoms with Gasteiger partial charge in [-0.3, -0.25) is 9.69 Å². The Morgan fingerprint density at radius 3 is 2.66 bits per heavy atom. The van der Waals surface area contributed by atoms with Crippen molar-refractivity contribution in [2.45, 2.75) is 52.5 Å². The maximum atomic E-state index is 13.3. The minimum atomic E-state index is -0.438. The van der Waals surface area contributed by atoms with E-state index in [1.807, 2.05) is 36.1 Å². The summed E-state index contributed by atoms with van der Waals surface area (Å²) in [7, 11) is 0. The molecular weight excluding hydrogens is 444 g/mol. The monoisotopic (exact) mass is 476 g/mol. The first-order chi connectivity index (χ1) is 16.8. The molecule has 184 valence electrons. The third-order valence-electron chi connectivity index (χ3n) is 6.69. The van der Waals surface area contributed by atoms with E-state index in [-0.39, 0.29) is 24.5 Å². The van der Waals surface area contributed by atoms with Crippen LogP contribution in [0.2, 0.25) is 0 Å². The van der Waals surface area contributed by atoms with Gasteiger partial charge in [0.1, 0.15) is 17.9 Å². The fourth-order valence-corrected chi connectivity index (χ4v) is 5.19. The van der Waals surface area contributed by atoms with Crippen LogP contribution in [0.25, 0.3) is 11.0 Å². The highest BCUT2D eigenvalue weighted by molar-refractivity contribution is 5.87. The second-order valence-electron chi connectivity index (χ2n) is 9.82. The van der Waals surface area contributed by atoms with Crippen LogP contribution in [-0.4, -0.2) is 54.2 Å². The molecule has 7 heteroatoms. The number of hydrogen-bond acceptors (Lipinski definition) is 6. The summed E-state index contributed by atoms with van der Waals surface area (Å²) in [6.07, 6.45) is 0.580. The van der Waals surface area contributed by atoms with Crippen molar-refractivity contribution in [1.82, 2.24) is 9.80 Å². The van der Waals surface area contributed by atoms with Crippen molar-refractivity contribution >= 4 is 16.9 Å². The molecule has 0 unspecified atom stereocenters. The van der Waals surface area contributed by atoms with Gasteiger partial charge in [0, 0.05) is 43.2 Å². The third-order valence-corrected chi connectivity index (χ3v) is 6.69. The quantitative estimate of drug-likeness (QED) is 0.535. The predicted molar refractivity (Wildman–Crippen MR) is 134 cm³/mol. The van der Waals surface area contributed by atoms with E-state index in [9.17, 15) is 9.59 Å². The molecule has 1 saturated heterocycles. The minimum absolute atomic E-state index is 0.0323. The van der Waals surface area contributed by atoms with Gasteiger partial charge in [-0.2, -0.15) is 0 Å². The van der Waals surface area contributed by atoms with Gasteiger partial charge in [0.2, 0.25) is 5.91 Å². The maximum absolute atomic E-state index is 13.3. The zero-order valence-electron chi connectivity index (χ0n) is 20.6. The standard InChI is InChI=1S/C28H32N2O5/c1-18-4-6-24-22(13-28(32)35-26(24)10-18)12-27(31)30-8-9-33-25-7-5-21(11-23(25)17-30)16-29-14-19(2)34-20(3)15-29/h4-7,10-11,13,19-20H,8-9,12,14-17H2,1-3H3/t19-,20+. The van der Waals surface area contributed by atoms with Crippen LogP contribution in [-0.2, 0) is 29.0 Å².